The van der Waals surface area contributed by atoms with Gasteiger partial charge in [0.05, 0.1) is 12.2 Å². The number of aromatic nitrogens is 1. The summed E-state index contributed by atoms with van der Waals surface area (Å²) in [5.74, 6) is 2.00. The molecule has 0 bridgehead atoms. The van der Waals surface area contributed by atoms with Crippen molar-refractivity contribution in [3.63, 3.8) is 0 Å². The Morgan fingerprint density at radius 2 is 2.09 bits per heavy atom. The van der Waals surface area contributed by atoms with E-state index in [2.05, 4.69) is 53.5 Å². The molecule has 0 aliphatic heterocycles. The SMILES string of the molecule is CN=C(NCc1cc(C(C)C)no1)NCC(C)N(C)C1CC1.I. The van der Waals surface area contributed by atoms with Crippen LogP contribution >= 0.6 is 24.0 Å². The molecule has 1 aromatic heterocycles. The molecule has 6 nitrogen and oxygen atoms in total. The molecule has 1 saturated carbocycles. The van der Waals surface area contributed by atoms with Gasteiger partial charge in [0.1, 0.15) is 0 Å². The van der Waals surface area contributed by atoms with Crippen LogP contribution in [-0.2, 0) is 6.54 Å². The molecule has 0 radical (unpaired) electrons. The molecule has 1 aliphatic carbocycles. The van der Waals surface area contributed by atoms with Crippen LogP contribution < -0.4 is 10.6 Å². The van der Waals surface area contributed by atoms with Crippen molar-refractivity contribution in [3.05, 3.63) is 17.5 Å². The van der Waals surface area contributed by atoms with E-state index in [0.717, 1.165) is 30.0 Å². The maximum Gasteiger partial charge on any atom is 0.191 e. The largest absolute Gasteiger partial charge is 0.359 e. The second-order valence-electron chi connectivity index (χ2n) is 6.43. The number of nitrogens with zero attached hydrogens (tertiary/aromatic N) is 3. The van der Waals surface area contributed by atoms with Gasteiger partial charge in [-0.05, 0) is 32.7 Å². The van der Waals surface area contributed by atoms with Crippen molar-refractivity contribution >= 4 is 29.9 Å². The molecule has 0 spiro atoms. The molecule has 1 heterocycles. The van der Waals surface area contributed by atoms with Crippen LogP contribution in [0, 0.1) is 0 Å². The van der Waals surface area contributed by atoms with Gasteiger partial charge < -0.3 is 15.2 Å². The van der Waals surface area contributed by atoms with Gasteiger partial charge in [0.2, 0.25) is 0 Å². The fourth-order valence-corrected chi connectivity index (χ4v) is 2.31. The summed E-state index contributed by atoms with van der Waals surface area (Å²) in [6.45, 7) is 7.91. The summed E-state index contributed by atoms with van der Waals surface area (Å²) in [7, 11) is 3.98. The zero-order chi connectivity index (χ0) is 16.1. The molecular weight excluding hydrogens is 405 g/mol. The standard InChI is InChI=1S/C16H29N5O.HI/c1-11(2)15-8-14(22-20-15)10-19-16(17-4)18-9-12(3)21(5)13-6-7-13;/h8,11-13H,6-7,9-10H2,1-5H3,(H2,17,18,19);1H. The fourth-order valence-electron chi connectivity index (χ4n) is 2.31. The second-order valence-corrected chi connectivity index (χ2v) is 6.43. The number of aliphatic imine (C=N–C) groups is 1. The van der Waals surface area contributed by atoms with Crippen molar-refractivity contribution in [1.29, 1.82) is 0 Å². The fraction of sp³-hybridized carbons (Fsp3) is 0.750. The quantitative estimate of drug-likeness (QED) is 0.392. The molecule has 0 amide bonds. The van der Waals surface area contributed by atoms with E-state index in [1.807, 2.05) is 6.07 Å². The summed E-state index contributed by atoms with van der Waals surface area (Å²) < 4.78 is 5.32. The van der Waals surface area contributed by atoms with E-state index in [9.17, 15) is 0 Å². The molecule has 1 atom stereocenters. The van der Waals surface area contributed by atoms with Crippen LogP contribution in [0.2, 0.25) is 0 Å². The summed E-state index contributed by atoms with van der Waals surface area (Å²) in [6.07, 6.45) is 2.66. The van der Waals surface area contributed by atoms with Crippen molar-refractivity contribution in [1.82, 2.24) is 20.7 Å². The molecule has 132 valence electrons. The van der Waals surface area contributed by atoms with E-state index < -0.39 is 0 Å². The number of likely N-dealkylation sites (N-methyl/N-ethyl adjacent to an activating group) is 1. The molecule has 2 N–H and O–H groups in total. The van der Waals surface area contributed by atoms with Crippen molar-refractivity contribution in [2.24, 2.45) is 4.99 Å². The van der Waals surface area contributed by atoms with E-state index in [1.54, 1.807) is 7.05 Å². The zero-order valence-electron chi connectivity index (χ0n) is 14.8. The molecule has 1 unspecified atom stereocenters. The van der Waals surface area contributed by atoms with Gasteiger partial charge in [-0.1, -0.05) is 19.0 Å². The van der Waals surface area contributed by atoms with Gasteiger partial charge in [0.15, 0.2) is 11.7 Å². The lowest BCUT2D eigenvalue weighted by molar-refractivity contribution is 0.247. The summed E-state index contributed by atoms with van der Waals surface area (Å²) >= 11 is 0. The molecule has 23 heavy (non-hydrogen) atoms. The second kappa shape index (κ2) is 9.46. The summed E-state index contributed by atoms with van der Waals surface area (Å²) in [4.78, 5) is 6.69. The maximum absolute atomic E-state index is 5.32. The molecule has 1 aromatic rings. The smallest absolute Gasteiger partial charge is 0.191 e. The minimum Gasteiger partial charge on any atom is -0.359 e. The maximum atomic E-state index is 5.32. The Labute approximate surface area is 156 Å². The minimum atomic E-state index is 0. The van der Waals surface area contributed by atoms with Gasteiger partial charge >= 0.3 is 0 Å². The van der Waals surface area contributed by atoms with Gasteiger partial charge in [-0.25, -0.2) is 0 Å². The molecular formula is C16H30IN5O. The Balaban J connectivity index is 0.00000264. The minimum absolute atomic E-state index is 0. The van der Waals surface area contributed by atoms with Crippen LogP contribution in [0.4, 0.5) is 0 Å². The Hall–Kier alpha value is -0.830. The Morgan fingerprint density at radius 1 is 1.39 bits per heavy atom. The van der Waals surface area contributed by atoms with Crippen LogP contribution in [0.25, 0.3) is 0 Å². The first kappa shape index (κ1) is 20.2. The molecule has 0 saturated heterocycles. The van der Waals surface area contributed by atoms with Gasteiger partial charge in [0, 0.05) is 31.7 Å². The summed E-state index contributed by atoms with van der Waals surface area (Å²) in [6, 6.07) is 3.26. The molecule has 2 rings (SSSR count). The Morgan fingerprint density at radius 3 is 2.61 bits per heavy atom. The van der Waals surface area contributed by atoms with E-state index in [-0.39, 0.29) is 24.0 Å². The number of halogens is 1. The van der Waals surface area contributed by atoms with Crippen LogP contribution in [0.15, 0.2) is 15.6 Å². The Bertz CT molecular complexity index is 498. The van der Waals surface area contributed by atoms with Crippen LogP contribution in [-0.4, -0.2) is 48.7 Å². The molecule has 1 fully saturated rings. The number of nitrogens with one attached hydrogen (secondary N) is 2. The highest BCUT2D eigenvalue weighted by atomic mass is 127. The highest BCUT2D eigenvalue weighted by molar-refractivity contribution is 14.0. The predicted octanol–water partition coefficient (Wildman–Crippen LogP) is 2.56. The summed E-state index contributed by atoms with van der Waals surface area (Å²) in [5, 5.41) is 10.7. The van der Waals surface area contributed by atoms with Crippen LogP contribution in [0.3, 0.4) is 0 Å². The lowest BCUT2D eigenvalue weighted by Gasteiger charge is -2.25. The third-order valence-electron chi connectivity index (χ3n) is 4.21. The van der Waals surface area contributed by atoms with Crippen molar-refractivity contribution in [2.75, 3.05) is 20.6 Å². The van der Waals surface area contributed by atoms with Crippen molar-refractivity contribution < 1.29 is 4.52 Å². The number of rotatable bonds is 7. The van der Waals surface area contributed by atoms with Gasteiger partial charge in [-0.2, -0.15) is 0 Å². The third-order valence-corrected chi connectivity index (χ3v) is 4.21. The van der Waals surface area contributed by atoms with Gasteiger partial charge in [-0.15, -0.1) is 24.0 Å². The zero-order valence-corrected chi connectivity index (χ0v) is 17.1. The van der Waals surface area contributed by atoms with E-state index in [1.165, 1.54) is 12.8 Å². The van der Waals surface area contributed by atoms with Crippen LogP contribution in [0.1, 0.15) is 51.0 Å². The molecule has 7 heteroatoms. The van der Waals surface area contributed by atoms with Crippen molar-refractivity contribution in [3.8, 4) is 0 Å². The molecule has 1 aliphatic rings. The summed E-state index contributed by atoms with van der Waals surface area (Å²) in [5.41, 5.74) is 0.986. The number of hydrogen-bond donors (Lipinski definition) is 2. The molecule has 0 aromatic carbocycles. The van der Waals surface area contributed by atoms with E-state index >= 15 is 0 Å². The highest BCUT2D eigenvalue weighted by Crippen LogP contribution is 2.26. The van der Waals surface area contributed by atoms with E-state index in [0.29, 0.717) is 18.5 Å². The number of guanidine groups is 1. The average Bonchev–Trinajstić information content (AvgIpc) is 3.24. The lowest BCUT2D eigenvalue weighted by atomic mass is 10.1. The van der Waals surface area contributed by atoms with E-state index in [4.69, 9.17) is 4.52 Å². The first-order valence-electron chi connectivity index (χ1n) is 8.13. The normalized spacial score (nSPS) is 16.4. The Kier molecular flexibility index (Phi) is 8.32. The first-order chi connectivity index (χ1) is 10.5. The topological polar surface area (TPSA) is 65.7 Å². The average molecular weight is 435 g/mol. The predicted molar refractivity (Wildman–Crippen MR) is 104 cm³/mol. The monoisotopic (exact) mass is 435 g/mol. The lowest BCUT2D eigenvalue weighted by Crippen LogP contribution is -2.45. The number of hydrogen-bond acceptors (Lipinski definition) is 4. The van der Waals surface area contributed by atoms with Crippen LogP contribution in [0.5, 0.6) is 0 Å². The third kappa shape index (κ3) is 6.29. The van der Waals surface area contributed by atoms with Gasteiger partial charge in [-0.3, -0.25) is 9.89 Å². The highest BCUT2D eigenvalue weighted by Gasteiger charge is 2.28. The van der Waals surface area contributed by atoms with Crippen molar-refractivity contribution in [2.45, 2.75) is 58.2 Å². The van der Waals surface area contributed by atoms with Gasteiger partial charge in [0.25, 0.3) is 0 Å². The first-order valence-corrected chi connectivity index (χ1v) is 8.13.